The van der Waals surface area contributed by atoms with Gasteiger partial charge in [0.15, 0.2) is 6.29 Å². The molecule has 1 aliphatic rings. The van der Waals surface area contributed by atoms with E-state index in [2.05, 4.69) is 0 Å². The number of nitriles is 1. The normalized spacial score (nSPS) is 18.8. The SMILES string of the molecule is N#C/C(C=O)=C\C1CC1. The predicted octanol–water partition coefficient (Wildman–Crippen LogP) is 1.05. The Kier molecular flexibility index (Phi) is 1.64. The van der Waals surface area contributed by atoms with Crippen LogP contribution >= 0.6 is 0 Å². The fraction of sp³-hybridized carbons (Fsp3) is 0.429. The highest BCUT2D eigenvalue weighted by molar-refractivity contribution is 5.78. The van der Waals surface area contributed by atoms with Crippen LogP contribution in [-0.2, 0) is 4.79 Å². The lowest BCUT2D eigenvalue weighted by Crippen LogP contribution is -1.78. The van der Waals surface area contributed by atoms with Crippen molar-refractivity contribution in [1.29, 1.82) is 5.26 Å². The smallest absolute Gasteiger partial charge is 0.160 e. The lowest BCUT2D eigenvalue weighted by atomic mass is 10.2. The van der Waals surface area contributed by atoms with E-state index in [0.29, 0.717) is 12.2 Å². The molecule has 0 aromatic carbocycles. The molecule has 0 spiro atoms. The van der Waals surface area contributed by atoms with E-state index in [1.807, 2.05) is 6.07 Å². The molecule has 2 nitrogen and oxygen atoms in total. The molecular formula is C7H7NO. The molecule has 0 aliphatic heterocycles. The second kappa shape index (κ2) is 2.45. The molecule has 0 saturated heterocycles. The molecule has 1 fully saturated rings. The number of hydrogen-bond acceptors (Lipinski definition) is 2. The third-order valence-electron chi connectivity index (χ3n) is 1.29. The van der Waals surface area contributed by atoms with Gasteiger partial charge in [-0.3, -0.25) is 4.79 Å². The maximum atomic E-state index is 10.0. The minimum Gasteiger partial charge on any atom is -0.297 e. The zero-order valence-electron chi connectivity index (χ0n) is 5.00. The van der Waals surface area contributed by atoms with E-state index in [0.717, 1.165) is 12.8 Å². The fourth-order valence-electron chi connectivity index (χ4n) is 0.620. The summed E-state index contributed by atoms with van der Waals surface area (Å²) < 4.78 is 0. The van der Waals surface area contributed by atoms with Gasteiger partial charge in [-0.15, -0.1) is 0 Å². The molecule has 1 aliphatic carbocycles. The Balaban J connectivity index is 2.54. The largest absolute Gasteiger partial charge is 0.297 e. The Hall–Kier alpha value is -1.10. The molecule has 1 saturated carbocycles. The summed E-state index contributed by atoms with van der Waals surface area (Å²) in [7, 11) is 0. The minimum atomic E-state index is 0.275. The van der Waals surface area contributed by atoms with Crippen molar-refractivity contribution in [3.63, 3.8) is 0 Å². The number of allylic oxidation sites excluding steroid dienone is 2. The molecule has 0 aromatic heterocycles. The van der Waals surface area contributed by atoms with Gasteiger partial charge in [-0.25, -0.2) is 0 Å². The van der Waals surface area contributed by atoms with E-state index in [-0.39, 0.29) is 5.57 Å². The van der Waals surface area contributed by atoms with Crippen LogP contribution in [0.25, 0.3) is 0 Å². The molecule has 0 unspecified atom stereocenters. The number of hydrogen-bond donors (Lipinski definition) is 0. The average molecular weight is 121 g/mol. The minimum absolute atomic E-state index is 0.275. The third-order valence-corrected chi connectivity index (χ3v) is 1.29. The second-order valence-electron chi connectivity index (χ2n) is 2.19. The van der Waals surface area contributed by atoms with Crippen LogP contribution in [0.15, 0.2) is 11.6 Å². The lowest BCUT2D eigenvalue weighted by Gasteiger charge is -1.79. The van der Waals surface area contributed by atoms with Crippen molar-refractivity contribution in [1.82, 2.24) is 0 Å². The van der Waals surface area contributed by atoms with Gasteiger partial charge < -0.3 is 0 Å². The van der Waals surface area contributed by atoms with Crippen molar-refractivity contribution in [3.8, 4) is 6.07 Å². The van der Waals surface area contributed by atoms with E-state index in [1.54, 1.807) is 6.08 Å². The number of nitrogens with zero attached hydrogens (tertiary/aromatic N) is 1. The monoisotopic (exact) mass is 121 g/mol. The summed E-state index contributed by atoms with van der Waals surface area (Å²) in [6.07, 6.45) is 4.63. The zero-order valence-corrected chi connectivity index (χ0v) is 5.00. The van der Waals surface area contributed by atoms with Crippen LogP contribution in [0.3, 0.4) is 0 Å². The molecular weight excluding hydrogens is 114 g/mol. The molecule has 0 heterocycles. The Morgan fingerprint density at radius 3 is 2.67 bits per heavy atom. The third kappa shape index (κ3) is 1.69. The maximum absolute atomic E-state index is 10.0. The van der Waals surface area contributed by atoms with E-state index >= 15 is 0 Å². The van der Waals surface area contributed by atoms with Crippen molar-refractivity contribution < 1.29 is 4.79 Å². The van der Waals surface area contributed by atoms with E-state index < -0.39 is 0 Å². The predicted molar refractivity (Wildman–Crippen MR) is 32.5 cm³/mol. The van der Waals surface area contributed by atoms with E-state index in [1.165, 1.54) is 0 Å². The Morgan fingerprint density at radius 2 is 2.33 bits per heavy atom. The van der Waals surface area contributed by atoms with Crippen LogP contribution in [0.1, 0.15) is 12.8 Å². The second-order valence-corrected chi connectivity index (χ2v) is 2.19. The fourth-order valence-corrected chi connectivity index (χ4v) is 0.620. The molecule has 2 heteroatoms. The van der Waals surface area contributed by atoms with Gasteiger partial charge >= 0.3 is 0 Å². The summed E-state index contributed by atoms with van der Waals surface area (Å²) in [5, 5.41) is 8.25. The van der Waals surface area contributed by atoms with Crippen LogP contribution in [0.2, 0.25) is 0 Å². The molecule has 0 N–H and O–H groups in total. The molecule has 1 rings (SSSR count). The van der Waals surface area contributed by atoms with Crippen molar-refractivity contribution in [2.45, 2.75) is 12.8 Å². The van der Waals surface area contributed by atoms with Gasteiger partial charge in [-0.05, 0) is 18.8 Å². The summed E-state index contributed by atoms with van der Waals surface area (Å²) in [4.78, 5) is 10.0. The number of carbonyl (C=O) groups is 1. The Bertz CT molecular complexity index is 184. The standard InChI is InChI=1S/C7H7NO/c8-4-7(5-9)3-6-1-2-6/h3,5-6H,1-2H2/b7-3+. The first kappa shape index (κ1) is 6.03. The lowest BCUT2D eigenvalue weighted by molar-refractivity contribution is -0.104. The summed E-state index contributed by atoms with van der Waals surface area (Å²) in [6, 6.07) is 1.82. The van der Waals surface area contributed by atoms with Gasteiger partial charge in [0.05, 0.1) is 5.57 Å². The van der Waals surface area contributed by atoms with Gasteiger partial charge in [0, 0.05) is 0 Å². The quantitative estimate of drug-likeness (QED) is 0.311. The summed E-state index contributed by atoms with van der Waals surface area (Å²) in [5.41, 5.74) is 0.275. The van der Waals surface area contributed by atoms with E-state index in [9.17, 15) is 4.79 Å². The molecule has 0 atom stereocenters. The maximum Gasteiger partial charge on any atom is 0.160 e. The van der Waals surface area contributed by atoms with Gasteiger partial charge in [0.1, 0.15) is 6.07 Å². The first-order valence-corrected chi connectivity index (χ1v) is 2.94. The van der Waals surface area contributed by atoms with Crippen LogP contribution in [-0.4, -0.2) is 6.29 Å². The first-order valence-electron chi connectivity index (χ1n) is 2.94. The number of rotatable bonds is 2. The molecule has 0 bridgehead atoms. The average Bonchev–Trinajstić information content (AvgIpc) is 2.66. The molecule has 0 amide bonds. The Labute approximate surface area is 53.8 Å². The molecule has 9 heavy (non-hydrogen) atoms. The van der Waals surface area contributed by atoms with Gasteiger partial charge in [0.2, 0.25) is 0 Å². The zero-order chi connectivity index (χ0) is 6.69. The number of carbonyl (C=O) groups excluding carboxylic acids is 1. The van der Waals surface area contributed by atoms with Crippen molar-refractivity contribution in [2.75, 3.05) is 0 Å². The summed E-state index contributed by atoms with van der Waals surface area (Å²) in [6.45, 7) is 0. The molecule has 0 radical (unpaired) electrons. The van der Waals surface area contributed by atoms with Crippen LogP contribution in [0.5, 0.6) is 0 Å². The highest BCUT2D eigenvalue weighted by Crippen LogP contribution is 2.30. The summed E-state index contributed by atoms with van der Waals surface area (Å²) in [5.74, 6) is 0.518. The number of aldehydes is 1. The van der Waals surface area contributed by atoms with Crippen LogP contribution in [0, 0.1) is 17.2 Å². The topological polar surface area (TPSA) is 40.9 Å². The van der Waals surface area contributed by atoms with Crippen LogP contribution < -0.4 is 0 Å². The molecule has 46 valence electrons. The van der Waals surface area contributed by atoms with E-state index in [4.69, 9.17) is 5.26 Å². The highest BCUT2D eigenvalue weighted by atomic mass is 16.1. The highest BCUT2D eigenvalue weighted by Gasteiger charge is 2.18. The first-order chi connectivity index (χ1) is 4.36. The van der Waals surface area contributed by atoms with Crippen molar-refractivity contribution in [2.24, 2.45) is 5.92 Å². The Morgan fingerprint density at radius 1 is 1.67 bits per heavy atom. The molecule has 0 aromatic rings. The van der Waals surface area contributed by atoms with Crippen molar-refractivity contribution in [3.05, 3.63) is 11.6 Å². The van der Waals surface area contributed by atoms with Crippen LogP contribution in [0.4, 0.5) is 0 Å². The van der Waals surface area contributed by atoms with Crippen molar-refractivity contribution >= 4 is 6.29 Å². The van der Waals surface area contributed by atoms with Gasteiger partial charge in [-0.2, -0.15) is 5.26 Å². The van der Waals surface area contributed by atoms with Gasteiger partial charge in [0.25, 0.3) is 0 Å². The van der Waals surface area contributed by atoms with Gasteiger partial charge in [-0.1, -0.05) is 6.08 Å². The summed E-state index contributed by atoms with van der Waals surface area (Å²) >= 11 is 0.